The van der Waals surface area contributed by atoms with Gasteiger partial charge >= 0.3 is 5.63 Å². The molecule has 0 saturated carbocycles. The van der Waals surface area contributed by atoms with Crippen LogP contribution in [-0.2, 0) is 10.8 Å². The first-order chi connectivity index (χ1) is 14.7. The molecule has 0 radical (unpaired) electrons. The Morgan fingerprint density at radius 2 is 1.77 bits per heavy atom. The maximum absolute atomic E-state index is 13.2. The van der Waals surface area contributed by atoms with E-state index in [2.05, 4.69) is 50.8 Å². The summed E-state index contributed by atoms with van der Waals surface area (Å²) in [5.74, 6) is 0. The van der Waals surface area contributed by atoms with Crippen molar-refractivity contribution >= 4 is 40.1 Å². The Bertz CT molecular complexity index is 1390. The maximum atomic E-state index is 13.2. The van der Waals surface area contributed by atoms with E-state index in [1.165, 1.54) is 21.3 Å². The minimum absolute atomic E-state index is 0.0326. The smallest absolute Gasteiger partial charge is 0.346 e. The van der Waals surface area contributed by atoms with Crippen LogP contribution in [0.15, 0.2) is 21.3 Å². The number of hydrogen-bond donors (Lipinski definition) is 0. The van der Waals surface area contributed by atoms with Gasteiger partial charge in [-0.1, -0.05) is 39.8 Å². The van der Waals surface area contributed by atoms with Gasteiger partial charge in [0, 0.05) is 29.7 Å². The predicted octanol–water partition coefficient (Wildman–Crippen LogP) is 4.44. The fourth-order valence-corrected chi connectivity index (χ4v) is 6.53. The number of aromatic nitrogens is 1. The summed E-state index contributed by atoms with van der Waals surface area (Å²) in [6, 6.07) is 4.31. The van der Waals surface area contributed by atoms with E-state index in [4.69, 9.17) is 9.40 Å². The molecule has 0 atom stereocenters. The van der Waals surface area contributed by atoms with Gasteiger partial charge in [0.15, 0.2) is 0 Å². The van der Waals surface area contributed by atoms with Crippen LogP contribution in [0.1, 0.15) is 64.5 Å². The van der Waals surface area contributed by atoms with Crippen molar-refractivity contribution < 1.29 is 4.42 Å². The van der Waals surface area contributed by atoms with Gasteiger partial charge in [0.2, 0.25) is 0 Å². The van der Waals surface area contributed by atoms with E-state index < -0.39 is 0 Å². The molecule has 0 amide bonds. The Kier molecular flexibility index (Phi) is 3.93. The molecule has 6 rings (SSSR count). The standard InChI is InChI=1S/C26H28N2O2S/c1-25(2)9-11-28-12-10-26(3,4)20-21(28)17(25)14-15-13-16(24(29)30-22(15)20)23-27-18-7-5-6-8-19(18)31-23/h7-8,13-14H,5-6,9-12H2,1-4H3. The van der Waals surface area contributed by atoms with Gasteiger partial charge < -0.3 is 9.32 Å². The zero-order valence-electron chi connectivity index (χ0n) is 18.7. The largest absolute Gasteiger partial charge is 0.422 e. The number of anilines is 1. The first-order valence-corrected chi connectivity index (χ1v) is 12.1. The van der Waals surface area contributed by atoms with Crippen LogP contribution >= 0.6 is 11.3 Å². The molecule has 4 nitrogen and oxygen atoms in total. The minimum Gasteiger partial charge on any atom is -0.422 e. The summed E-state index contributed by atoms with van der Waals surface area (Å²) in [7, 11) is 0. The third kappa shape index (κ3) is 2.78. The van der Waals surface area contributed by atoms with E-state index in [-0.39, 0.29) is 16.5 Å². The first kappa shape index (κ1) is 19.3. The third-order valence-corrected chi connectivity index (χ3v) is 8.58. The summed E-state index contributed by atoms with van der Waals surface area (Å²) in [5, 5.41) is 2.79. The van der Waals surface area contributed by atoms with Gasteiger partial charge in [-0.05, 0) is 54.2 Å². The molecule has 31 heavy (non-hydrogen) atoms. The molecule has 1 aromatic carbocycles. The molecule has 1 aliphatic carbocycles. The van der Waals surface area contributed by atoms with Gasteiger partial charge in [-0.3, -0.25) is 0 Å². The van der Waals surface area contributed by atoms with Gasteiger partial charge in [-0.25, -0.2) is 9.78 Å². The highest BCUT2D eigenvalue weighted by atomic mass is 32.1. The highest BCUT2D eigenvalue weighted by Crippen LogP contribution is 2.51. The number of fused-ring (bicyclic) bond motifs is 3. The van der Waals surface area contributed by atoms with E-state index in [1.54, 1.807) is 11.3 Å². The molecule has 0 saturated heterocycles. The molecule has 4 heterocycles. The Balaban J connectivity index is 1.68. The second-order valence-electron chi connectivity index (χ2n) is 10.5. The second kappa shape index (κ2) is 6.32. The molecule has 3 aliphatic rings. The highest BCUT2D eigenvalue weighted by molar-refractivity contribution is 7.13. The monoisotopic (exact) mass is 432 g/mol. The van der Waals surface area contributed by atoms with E-state index >= 15 is 0 Å². The van der Waals surface area contributed by atoms with E-state index in [9.17, 15) is 4.79 Å². The Morgan fingerprint density at radius 1 is 1.03 bits per heavy atom. The molecular weight excluding hydrogens is 404 g/mol. The van der Waals surface area contributed by atoms with Gasteiger partial charge in [-0.2, -0.15) is 0 Å². The number of thiazole rings is 1. The number of nitrogens with zero attached hydrogens (tertiary/aromatic N) is 2. The van der Waals surface area contributed by atoms with E-state index in [1.807, 2.05) is 6.07 Å². The zero-order chi connectivity index (χ0) is 21.5. The van der Waals surface area contributed by atoms with Crippen molar-refractivity contribution in [3.8, 4) is 10.6 Å². The van der Waals surface area contributed by atoms with Crippen molar-refractivity contribution in [1.82, 2.24) is 4.98 Å². The summed E-state index contributed by atoms with van der Waals surface area (Å²) in [5.41, 5.74) is 5.04. The fourth-order valence-electron chi connectivity index (χ4n) is 5.49. The predicted molar refractivity (Wildman–Crippen MR) is 129 cm³/mol. The molecule has 0 fully saturated rings. The van der Waals surface area contributed by atoms with Crippen molar-refractivity contribution in [1.29, 1.82) is 0 Å². The van der Waals surface area contributed by atoms with E-state index in [0.717, 1.165) is 60.1 Å². The van der Waals surface area contributed by atoms with Gasteiger partial charge in [0.25, 0.3) is 0 Å². The number of rotatable bonds is 1. The highest BCUT2D eigenvalue weighted by Gasteiger charge is 2.42. The van der Waals surface area contributed by atoms with Crippen molar-refractivity contribution in [2.24, 2.45) is 0 Å². The molecule has 0 bridgehead atoms. The Morgan fingerprint density at radius 3 is 2.55 bits per heavy atom. The van der Waals surface area contributed by atoms with Crippen molar-refractivity contribution in [2.45, 2.75) is 64.2 Å². The average molecular weight is 433 g/mol. The summed E-state index contributed by atoms with van der Waals surface area (Å²) in [6.07, 6.45) is 8.64. The first-order valence-electron chi connectivity index (χ1n) is 11.3. The van der Waals surface area contributed by atoms with Gasteiger partial charge in [0.05, 0.1) is 15.4 Å². The molecular formula is C26H28N2O2S. The lowest BCUT2D eigenvalue weighted by Crippen LogP contribution is -2.44. The Hall–Kier alpha value is -2.40. The molecule has 2 aliphatic heterocycles. The van der Waals surface area contributed by atoms with Crippen LogP contribution in [0, 0.1) is 0 Å². The topological polar surface area (TPSA) is 46.3 Å². The van der Waals surface area contributed by atoms with Crippen molar-refractivity contribution in [2.75, 3.05) is 18.0 Å². The van der Waals surface area contributed by atoms with Crippen LogP contribution in [-0.4, -0.2) is 18.1 Å². The number of hydrogen-bond acceptors (Lipinski definition) is 5. The van der Waals surface area contributed by atoms with Gasteiger partial charge in [0.1, 0.15) is 10.6 Å². The summed E-state index contributed by atoms with van der Waals surface area (Å²) in [6.45, 7) is 11.4. The lowest BCUT2D eigenvalue weighted by Gasteiger charge is -2.48. The number of benzene rings is 1. The molecule has 0 unspecified atom stereocenters. The van der Waals surface area contributed by atoms with Crippen LogP contribution in [0.25, 0.3) is 33.7 Å². The minimum atomic E-state index is -0.280. The van der Waals surface area contributed by atoms with Crippen molar-refractivity contribution in [3.05, 3.63) is 43.6 Å². The summed E-state index contributed by atoms with van der Waals surface area (Å²) >= 11 is 1.59. The Labute approximate surface area is 185 Å². The fraction of sp³-hybridized carbons (Fsp3) is 0.462. The van der Waals surface area contributed by atoms with E-state index in [0.29, 0.717) is 5.56 Å². The molecule has 0 N–H and O–H groups in total. The summed E-state index contributed by atoms with van der Waals surface area (Å²) in [4.78, 5) is 20.5. The average Bonchev–Trinajstić information content (AvgIpc) is 3.15. The normalized spacial score (nSPS) is 20.6. The SMILES string of the molecule is CC1(C)CCN2CCC(C)(C)c3c2c1cc1cc(-c2nc4c(s2)=CCCC=4)c(=O)oc31. The maximum Gasteiger partial charge on any atom is 0.346 e. The van der Waals surface area contributed by atoms with Crippen LogP contribution in [0.5, 0.6) is 0 Å². The lowest BCUT2D eigenvalue weighted by atomic mass is 9.69. The van der Waals surface area contributed by atoms with Crippen LogP contribution in [0.4, 0.5) is 5.69 Å². The lowest BCUT2D eigenvalue weighted by molar-refractivity contribution is 0.398. The van der Waals surface area contributed by atoms with Crippen LogP contribution in [0.2, 0.25) is 0 Å². The zero-order valence-corrected chi connectivity index (χ0v) is 19.5. The second-order valence-corrected chi connectivity index (χ2v) is 11.6. The van der Waals surface area contributed by atoms with Gasteiger partial charge in [-0.15, -0.1) is 11.3 Å². The van der Waals surface area contributed by atoms with Crippen molar-refractivity contribution in [3.63, 3.8) is 0 Å². The third-order valence-electron chi connectivity index (χ3n) is 7.48. The molecule has 5 heteroatoms. The quantitative estimate of drug-likeness (QED) is 0.534. The van der Waals surface area contributed by atoms with Crippen LogP contribution < -0.4 is 20.4 Å². The summed E-state index contributed by atoms with van der Waals surface area (Å²) < 4.78 is 7.28. The molecule has 160 valence electrons. The molecule has 0 spiro atoms. The molecule has 3 aromatic rings. The van der Waals surface area contributed by atoms with Crippen LogP contribution in [0.3, 0.4) is 0 Å². The molecule has 2 aromatic heterocycles.